The van der Waals surface area contributed by atoms with E-state index in [-0.39, 0.29) is 6.10 Å². The standard InChI is InChI=1S/C18H33NO3/c1-2-3-4-5-6-7-8-9-11-14-17(22-18(20)21)15-12-10-13-16-19/h17H,2-15H2,1H3,(H,20,21). The highest BCUT2D eigenvalue weighted by Crippen LogP contribution is 2.16. The topological polar surface area (TPSA) is 70.3 Å². The lowest BCUT2D eigenvalue weighted by atomic mass is 10.0. The summed E-state index contributed by atoms with van der Waals surface area (Å²) in [6.07, 6.45) is 13.8. The molecule has 22 heavy (non-hydrogen) atoms. The van der Waals surface area contributed by atoms with Crippen LogP contribution < -0.4 is 0 Å². The third-order valence-electron chi connectivity index (χ3n) is 3.96. The predicted octanol–water partition coefficient (Wildman–Crippen LogP) is 6.05. The predicted molar refractivity (Wildman–Crippen MR) is 88.8 cm³/mol. The van der Waals surface area contributed by atoms with Crippen LogP contribution in [0.5, 0.6) is 0 Å². The molecule has 0 fully saturated rings. The van der Waals surface area contributed by atoms with Crippen LogP contribution in [0.4, 0.5) is 4.79 Å². The fraction of sp³-hybridized carbons (Fsp3) is 0.889. The molecule has 0 heterocycles. The van der Waals surface area contributed by atoms with Crippen molar-refractivity contribution in [3.63, 3.8) is 0 Å². The van der Waals surface area contributed by atoms with Gasteiger partial charge in [-0.3, -0.25) is 0 Å². The van der Waals surface area contributed by atoms with E-state index in [0.717, 1.165) is 38.5 Å². The Morgan fingerprint density at radius 2 is 1.45 bits per heavy atom. The van der Waals surface area contributed by atoms with E-state index in [1.54, 1.807) is 0 Å². The van der Waals surface area contributed by atoms with E-state index in [4.69, 9.17) is 15.1 Å². The summed E-state index contributed by atoms with van der Waals surface area (Å²) in [7, 11) is 0. The van der Waals surface area contributed by atoms with Gasteiger partial charge in [-0.15, -0.1) is 0 Å². The van der Waals surface area contributed by atoms with Gasteiger partial charge in [0.2, 0.25) is 0 Å². The summed E-state index contributed by atoms with van der Waals surface area (Å²) in [5.74, 6) is 0. The van der Waals surface area contributed by atoms with Crippen LogP contribution in [0.25, 0.3) is 0 Å². The third kappa shape index (κ3) is 15.2. The van der Waals surface area contributed by atoms with Crippen molar-refractivity contribution in [2.45, 2.75) is 103 Å². The Morgan fingerprint density at radius 1 is 0.955 bits per heavy atom. The smallest absolute Gasteiger partial charge is 0.450 e. The minimum atomic E-state index is -1.18. The van der Waals surface area contributed by atoms with Crippen LogP contribution in [0.3, 0.4) is 0 Å². The molecule has 1 unspecified atom stereocenters. The maximum absolute atomic E-state index is 10.7. The van der Waals surface area contributed by atoms with Gasteiger partial charge in [0.1, 0.15) is 6.10 Å². The van der Waals surface area contributed by atoms with Gasteiger partial charge in [-0.05, 0) is 32.1 Å². The van der Waals surface area contributed by atoms with Gasteiger partial charge in [0.05, 0.1) is 6.07 Å². The van der Waals surface area contributed by atoms with Crippen molar-refractivity contribution >= 4 is 6.16 Å². The first-order valence-electron chi connectivity index (χ1n) is 8.97. The molecule has 0 rings (SSSR count). The quantitative estimate of drug-likeness (QED) is 0.295. The summed E-state index contributed by atoms with van der Waals surface area (Å²) in [6, 6.07) is 2.11. The Morgan fingerprint density at radius 3 is 1.95 bits per heavy atom. The van der Waals surface area contributed by atoms with E-state index in [2.05, 4.69) is 13.0 Å². The molecule has 0 aliphatic rings. The fourth-order valence-electron chi connectivity index (χ4n) is 2.66. The molecule has 0 aliphatic carbocycles. The normalized spacial score (nSPS) is 11.8. The van der Waals surface area contributed by atoms with Crippen LogP contribution in [0, 0.1) is 11.3 Å². The molecule has 0 aromatic rings. The van der Waals surface area contributed by atoms with E-state index in [9.17, 15) is 4.79 Å². The van der Waals surface area contributed by atoms with E-state index in [1.807, 2.05) is 0 Å². The molecule has 0 aromatic heterocycles. The zero-order chi connectivity index (χ0) is 16.5. The number of ether oxygens (including phenoxy) is 1. The average Bonchev–Trinajstić information content (AvgIpc) is 2.49. The molecule has 0 saturated carbocycles. The number of rotatable bonds is 15. The SMILES string of the molecule is CCCCCCCCCCCC(CCCCC#N)OC(=O)O. The second-order valence-electron chi connectivity index (χ2n) is 6.03. The average molecular weight is 311 g/mol. The molecule has 0 bridgehead atoms. The number of unbranched alkanes of at least 4 members (excludes halogenated alkanes) is 10. The molecule has 128 valence electrons. The molecule has 1 atom stereocenters. The van der Waals surface area contributed by atoms with Crippen molar-refractivity contribution in [2.24, 2.45) is 0 Å². The second kappa shape index (κ2) is 16.1. The first-order chi connectivity index (χ1) is 10.7. The molecule has 0 aromatic carbocycles. The van der Waals surface area contributed by atoms with Crippen LogP contribution in [-0.2, 0) is 4.74 Å². The number of hydrogen-bond acceptors (Lipinski definition) is 3. The minimum Gasteiger partial charge on any atom is -0.450 e. The monoisotopic (exact) mass is 311 g/mol. The highest BCUT2D eigenvalue weighted by Gasteiger charge is 2.12. The van der Waals surface area contributed by atoms with Gasteiger partial charge in [-0.1, -0.05) is 58.3 Å². The molecule has 0 aliphatic heterocycles. The zero-order valence-electron chi connectivity index (χ0n) is 14.2. The Bertz CT molecular complexity index is 299. The van der Waals surface area contributed by atoms with Gasteiger partial charge in [0, 0.05) is 6.42 Å². The first-order valence-corrected chi connectivity index (χ1v) is 8.97. The number of nitriles is 1. The number of carbonyl (C=O) groups is 1. The van der Waals surface area contributed by atoms with Crippen molar-refractivity contribution < 1.29 is 14.6 Å². The first kappa shape index (κ1) is 20.8. The summed E-state index contributed by atoms with van der Waals surface area (Å²) in [6.45, 7) is 2.23. The Hall–Kier alpha value is -1.24. The molecule has 0 amide bonds. The van der Waals surface area contributed by atoms with Crippen LogP contribution in [0.1, 0.15) is 96.8 Å². The molecule has 4 heteroatoms. The van der Waals surface area contributed by atoms with E-state index >= 15 is 0 Å². The van der Waals surface area contributed by atoms with Crippen molar-refractivity contribution in [3.05, 3.63) is 0 Å². The number of carboxylic acid groups (broad SMARTS) is 1. The number of nitrogens with zero attached hydrogens (tertiary/aromatic N) is 1. The van der Waals surface area contributed by atoms with Gasteiger partial charge < -0.3 is 9.84 Å². The molecule has 0 radical (unpaired) electrons. The highest BCUT2D eigenvalue weighted by molar-refractivity contribution is 5.57. The van der Waals surface area contributed by atoms with Crippen molar-refractivity contribution in [2.75, 3.05) is 0 Å². The summed E-state index contributed by atoms with van der Waals surface area (Å²) < 4.78 is 4.94. The van der Waals surface area contributed by atoms with Gasteiger partial charge in [-0.25, -0.2) is 4.79 Å². The summed E-state index contributed by atoms with van der Waals surface area (Å²) in [5, 5.41) is 17.2. The Balaban J connectivity index is 3.57. The van der Waals surface area contributed by atoms with E-state index in [0.29, 0.717) is 6.42 Å². The van der Waals surface area contributed by atoms with Crippen LogP contribution in [-0.4, -0.2) is 17.4 Å². The van der Waals surface area contributed by atoms with E-state index in [1.165, 1.54) is 44.9 Å². The minimum absolute atomic E-state index is 0.194. The van der Waals surface area contributed by atoms with Gasteiger partial charge in [0.15, 0.2) is 0 Å². The van der Waals surface area contributed by atoms with Crippen molar-refractivity contribution in [1.29, 1.82) is 5.26 Å². The van der Waals surface area contributed by atoms with Gasteiger partial charge in [0.25, 0.3) is 0 Å². The Labute approximate surface area is 135 Å². The molecule has 4 nitrogen and oxygen atoms in total. The van der Waals surface area contributed by atoms with Crippen LogP contribution >= 0.6 is 0 Å². The van der Waals surface area contributed by atoms with Crippen LogP contribution in [0.2, 0.25) is 0 Å². The fourth-order valence-corrected chi connectivity index (χ4v) is 2.66. The molecular formula is C18H33NO3. The highest BCUT2D eigenvalue weighted by atomic mass is 16.7. The molecule has 1 N–H and O–H groups in total. The third-order valence-corrected chi connectivity index (χ3v) is 3.96. The van der Waals surface area contributed by atoms with E-state index < -0.39 is 6.16 Å². The van der Waals surface area contributed by atoms with Gasteiger partial charge >= 0.3 is 6.16 Å². The molecular weight excluding hydrogens is 278 g/mol. The lowest BCUT2D eigenvalue weighted by molar-refractivity contribution is 0.0424. The van der Waals surface area contributed by atoms with Crippen molar-refractivity contribution in [3.8, 4) is 6.07 Å². The lowest BCUT2D eigenvalue weighted by Gasteiger charge is -2.15. The van der Waals surface area contributed by atoms with Crippen LogP contribution in [0.15, 0.2) is 0 Å². The summed E-state index contributed by atoms with van der Waals surface area (Å²) in [4.78, 5) is 10.7. The zero-order valence-corrected chi connectivity index (χ0v) is 14.2. The Kier molecular flexibility index (Phi) is 15.2. The maximum atomic E-state index is 10.7. The molecule has 0 saturated heterocycles. The summed E-state index contributed by atoms with van der Waals surface area (Å²) in [5.41, 5.74) is 0. The summed E-state index contributed by atoms with van der Waals surface area (Å²) >= 11 is 0. The largest absolute Gasteiger partial charge is 0.506 e. The molecule has 0 spiro atoms. The lowest BCUT2D eigenvalue weighted by Crippen LogP contribution is -2.16. The van der Waals surface area contributed by atoms with Crippen molar-refractivity contribution in [1.82, 2.24) is 0 Å². The maximum Gasteiger partial charge on any atom is 0.506 e. The van der Waals surface area contributed by atoms with Gasteiger partial charge in [-0.2, -0.15) is 5.26 Å². The number of hydrogen-bond donors (Lipinski definition) is 1. The second-order valence-corrected chi connectivity index (χ2v) is 6.03.